The van der Waals surface area contributed by atoms with Gasteiger partial charge in [0.1, 0.15) is 22.8 Å². The van der Waals surface area contributed by atoms with E-state index in [-0.39, 0.29) is 29.7 Å². The molecule has 174 valence electrons. The highest BCUT2D eigenvalue weighted by Crippen LogP contribution is 2.52. The Balaban J connectivity index is 1.70. The summed E-state index contributed by atoms with van der Waals surface area (Å²) in [7, 11) is 0. The van der Waals surface area contributed by atoms with Crippen molar-refractivity contribution in [3.63, 3.8) is 0 Å². The number of aliphatic hydroxyl groups excluding tert-OH is 2. The van der Waals surface area contributed by atoms with E-state index in [1.165, 1.54) is 24.4 Å². The zero-order chi connectivity index (χ0) is 24.5. The summed E-state index contributed by atoms with van der Waals surface area (Å²) in [4.78, 5) is 41.2. The van der Waals surface area contributed by atoms with Gasteiger partial charge >= 0.3 is 0 Å². The van der Waals surface area contributed by atoms with Crippen LogP contribution in [0.5, 0.6) is 5.75 Å². The molecule has 0 aliphatic heterocycles. The van der Waals surface area contributed by atoms with E-state index < -0.39 is 64.4 Å². The van der Waals surface area contributed by atoms with Gasteiger partial charge in [-0.2, -0.15) is 4.39 Å². The molecule has 1 aromatic carbocycles. The summed E-state index contributed by atoms with van der Waals surface area (Å²) in [6.07, 6.45) is 1.09. The number of amides is 1. The Hall–Kier alpha value is -4.05. The first-order valence-electron chi connectivity index (χ1n) is 10.5. The normalized spacial score (nSPS) is 26.2. The fourth-order valence-corrected chi connectivity index (χ4v) is 5.43. The summed E-state index contributed by atoms with van der Waals surface area (Å²) >= 11 is 0. The minimum absolute atomic E-state index is 0.0275. The Kier molecular flexibility index (Phi) is 4.63. The average Bonchev–Trinajstić information content (AvgIpc) is 2.77. The van der Waals surface area contributed by atoms with Crippen LogP contribution in [0.15, 0.2) is 47.4 Å². The van der Waals surface area contributed by atoms with Gasteiger partial charge in [-0.1, -0.05) is 6.07 Å². The minimum atomic E-state index is -2.61. The Morgan fingerprint density at radius 1 is 1.12 bits per heavy atom. The van der Waals surface area contributed by atoms with Crippen molar-refractivity contribution in [3.8, 4) is 16.9 Å². The molecule has 9 nitrogen and oxygen atoms in total. The maximum absolute atomic E-state index is 13.5. The first kappa shape index (κ1) is 21.8. The number of Topliss-reactive ketones (excluding diaryl/α,β-unsaturated/α-hetero) is 2. The van der Waals surface area contributed by atoms with Gasteiger partial charge in [-0.25, -0.2) is 4.98 Å². The number of aliphatic hydroxyl groups is 3. The monoisotopic (exact) mass is 466 g/mol. The maximum Gasteiger partial charge on any atom is 0.255 e. The van der Waals surface area contributed by atoms with Crippen molar-refractivity contribution in [3.05, 3.63) is 64.4 Å². The molecule has 1 saturated carbocycles. The molecule has 10 heteroatoms. The van der Waals surface area contributed by atoms with Crippen LogP contribution in [0, 0.1) is 17.8 Å². The van der Waals surface area contributed by atoms with Crippen molar-refractivity contribution in [2.24, 2.45) is 17.6 Å². The van der Waals surface area contributed by atoms with Crippen molar-refractivity contribution in [2.45, 2.75) is 24.9 Å². The fraction of sp³-hybridized carbons (Fsp3) is 0.250. The van der Waals surface area contributed by atoms with Crippen LogP contribution in [0.1, 0.15) is 24.0 Å². The van der Waals surface area contributed by atoms with E-state index in [1.807, 2.05) is 0 Å². The number of nitrogens with two attached hydrogens (primary N) is 1. The predicted octanol–water partition coefficient (Wildman–Crippen LogP) is 1.62. The van der Waals surface area contributed by atoms with Crippen molar-refractivity contribution in [2.75, 3.05) is 0 Å². The number of halogens is 1. The second-order valence-electron chi connectivity index (χ2n) is 8.76. The number of pyridine rings is 1. The third kappa shape index (κ3) is 2.81. The molecule has 3 aliphatic carbocycles. The highest BCUT2D eigenvalue weighted by molar-refractivity contribution is 6.22. The van der Waals surface area contributed by atoms with Crippen LogP contribution < -0.4 is 5.73 Å². The summed E-state index contributed by atoms with van der Waals surface area (Å²) in [5, 5.41) is 43.4. The Morgan fingerprint density at radius 2 is 1.85 bits per heavy atom. The van der Waals surface area contributed by atoms with E-state index in [0.29, 0.717) is 16.7 Å². The number of ketones is 2. The Labute approximate surface area is 191 Å². The van der Waals surface area contributed by atoms with Crippen LogP contribution in [0.2, 0.25) is 0 Å². The first-order valence-corrected chi connectivity index (χ1v) is 10.5. The zero-order valence-corrected chi connectivity index (χ0v) is 17.6. The Bertz CT molecular complexity index is 1360. The summed E-state index contributed by atoms with van der Waals surface area (Å²) < 4.78 is 13.3. The standard InChI is InChI=1S/C24H19FN2O7/c25-16-4-1-9(8-27-16)12-2-3-14(28)18-13(12)6-10-5-11-7-15(29)19(23(26)33)22(32)24(11,34)21(31)17(10)20(18)30/h1-4,8,10-11,28,30,32,34H,5-7H2,(H2,26,33)/t10-,11+,24+/m1/s1. The number of rotatable bonds is 2. The molecule has 0 spiro atoms. The van der Waals surface area contributed by atoms with E-state index in [9.17, 15) is 39.2 Å². The third-order valence-corrected chi connectivity index (χ3v) is 6.99. The number of benzene rings is 1. The van der Waals surface area contributed by atoms with Gasteiger partial charge in [0.2, 0.25) is 11.7 Å². The van der Waals surface area contributed by atoms with E-state index in [4.69, 9.17) is 5.73 Å². The van der Waals surface area contributed by atoms with Gasteiger partial charge in [0.15, 0.2) is 11.4 Å². The maximum atomic E-state index is 13.5. The second kappa shape index (κ2) is 7.22. The minimum Gasteiger partial charge on any atom is -0.508 e. The number of nitrogens with zero attached hydrogens (tertiary/aromatic N) is 1. The number of hydrogen-bond acceptors (Lipinski definition) is 8. The van der Waals surface area contributed by atoms with Crippen LogP contribution in [0.3, 0.4) is 0 Å². The molecule has 5 rings (SSSR count). The molecule has 0 saturated heterocycles. The molecule has 3 aliphatic rings. The molecule has 0 radical (unpaired) electrons. The lowest BCUT2D eigenvalue weighted by Gasteiger charge is -2.46. The van der Waals surface area contributed by atoms with Crippen LogP contribution in [-0.2, 0) is 20.8 Å². The smallest absolute Gasteiger partial charge is 0.255 e. The van der Waals surface area contributed by atoms with E-state index >= 15 is 0 Å². The predicted molar refractivity (Wildman–Crippen MR) is 115 cm³/mol. The van der Waals surface area contributed by atoms with Gasteiger partial charge < -0.3 is 26.2 Å². The molecule has 1 fully saturated rings. The van der Waals surface area contributed by atoms with E-state index in [2.05, 4.69) is 4.98 Å². The molecule has 3 atom stereocenters. The fourth-order valence-electron chi connectivity index (χ4n) is 5.43. The zero-order valence-electron chi connectivity index (χ0n) is 17.6. The van der Waals surface area contributed by atoms with E-state index in [1.54, 1.807) is 6.07 Å². The lowest BCUT2D eigenvalue weighted by atomic mass is 9.59. The number of hydrogen-bond donors (Lipinski definition) is 5. The lowest BCUT2D eigenvalue weighted by molar-refractivity contribution is -0.147. The number of carbonyl (C=O) groups is 3. The van der Waals surface area contributed by atoms with Crippen molar-refractivity contribution in [1.82, 2.24) is 4.98 Å². The number of primary amides is 1. The molecule has 2 aromatic rings. The summed E-state index contributed by atoms with van der Waals surface area (Å²) in [5.41, 5.74) is 3.03. The summed E-state index contributed by atoms with van der Waals surface area (Å²) in [6.45, 7) is 0. The number of carbonyl (C=O) groups excluding carboxylic acids is 3. The molecule has 1 aromatic heterocycles. The van der Waals surface area contributed by atoms with Crippen LogP contribution in [-0.4, -0.2) is 48.5 Å². The summed E-state index contributed by atoms with van der Waals surface area (Å²) in [6, 6.07) is 5.55. The number of fused-ring (bicyclic) bond motifs is 3. The first-order chi connectivity index (χ1) is 16.1. The number of phenols is 1. The molecule has 0 bridgehead atoms. The van der Waals surface area contributed by atoms with Gasteiger partial charge in [-0.15, -0.1) is 0 Å². The van der Waals surface area contributed by atoms with Gasteiger partial charge in [0, 0.05) is 29.7 Å². The van der Waals surface area contributed by atoms with Gasteiger partial charge in [0.05, 0.1) is 5.56 Å². The Morgan fingerprint density at radius 3 is 2.50 bits per heavy atom. The van der Waals surface area contributed by atoms with Gasteiger partial charge in [-0.3, -0.25) is 14.4 Å². The van der Waals surface area contributed by atoms with Gasteiger partial charge in [-0.05, 0) is 48.1 Å². The average molecular weight is 466 g/mol. The topological polar surface area (TPSA) is 171 Å². The molecule has 0 unspecified atom stereocenters. The largest absolute Gasteiger partial charge is 0.508 e. The SMILES string of the molecule is NC(=O)C1=C(O)[C@@]2(O)C(=O)C3=C(O)c4c(O)ccc(-c5ccc(F)nc5)c4C[C@H]3C[C@H]2CC1=O. The number of aromatic hydroxyl groups is 1. The third-order valence-electron chi connectivity index (χ3n) is 6.99. The summed E-state index contributed by atoms with van der Waals surface area (Å²) in [5.74, 6) is -7.52. The van der Waals surface area contributed by atoms with Crippen LogP contribution in [0.4, 0.5) is 4.39 Å². The highest BCUT2D eigenvalue weighted by atomic mass is 19.1. The molecular weight excluding hydrogens is 447 g/mol. The second-order valence-corrected chi connectivity index (χ2v) is 8.76. The molecule has 1 amide bonds. The van der Waals surface area contributed by atoms with Crippen molar-refractivity contribution < 1.29 is 39.2 Å². The molecule has 6 N–H and O–H groups in total. The molecule has 34 heavy (non-hydrogen) atoms. The number of aromatic nitrogens is 1. The lowest BCUT2D eigenvalue weighted by Crippen LogP contribution is -2.58. The van der Waals surface area contributed by atoms with Crippen LogP contribution in [0.25, 0.3) is 16.9 Å². The van der Waals surface area contributed by atoms with E-state index in [0.717, 1.165) is 0 Å². The molecular formula is C24H19FN2O7. The molecule has 1 heterocycles. The quantitative estimate of drug-likeness (QED) is 0.328. The van der Waals surface area contributed by atoms with Crippen molar-refractivity contribution in [1.29, 1.82) is 0 Å². The van der Waals surface area contributed by atoms with Crippen LogP contribution >= 0.6 is 0 Å². The highest BCUT2D eigenvalue weighted by Gasteiger charge is 2.60. The van der Waals surface area contributed by atoms with Gasteiger partial charge in [0.25, 0.3) is 5.91 Å². The van der Waals surface area contributed by atoms with Crippen molar-refractivity contribution >= 4 is 23.2 Å². The number of phenolic OH excluding ortho intramolecular Hbond substituents is 1.